The topological polar surface area (TPSA) is 55.1 Å². The maximum absolute atomic E-state index is 11.6. The van der Waals surface area contributed by atoms with E-state index in [9.17, 15) is 4.79 Å². The van der Waals surface area contributed by atoms with Crippen molar-refractivity contribution in [1.82, 2.24) is 5.43 Å². The number of rotatable bonds is 2. The van der Waals surface area contributed by atoms with Crippen LogP contribution in [0.5, 0.6) is 0 Å². The lowest BCUT2D eigenvalue weighted by Crippen LogP contribution is -2.32. The van der Waals surface area contributed by atoms with E-state index in [0.29, 0.717) is 12.3 Å². The molecule has 0 saturated heterocycles. The molecule has 0 unspecified atom stereocenters. The first kappa shape index (κ1) is 13.5. The maximum Gasteiger partial charge on any atom is 0.234 e. The molecule has 0 aromatic carbocycles. The van der Waals surface area contributed by atoms with E-state index in [1.165, 1.54) is 27.9 Å². The van der Waals surface area contributed by atoms with Crippen molar-refractivity contribution in [1.29, 1.82) is 0 Å². The zero-order valence-corrected chi connectivity index (χ0v) is 12.5. The molecule has 3 heteroatoms. The summed E-state index contributed by atoms with van der Waals surface area (Å²) in [6.45, 7) is 0. The van der Waals surface area contributed by atoms with E-state index in [2.05, 4.69) is 48.0 Å². The summed E-state index contributed by atoms with van der Waals surface area (Å²) >= 11 is 0. The number of carbonyl (C=O) groups is 1. The summed E-state index contributed by atoms with van der Waals surface area (Å²) < 4.78 is 0. The van der Waals surface area contributed by atoms with Gasteiger partial charge in [0.05, 0.1) is 0 Å². The number of nitrogens with one attached hydrogen (secondary N) is 1. The molecule has 0 aromatic rings. The van der Waals surface area contributed by atoms with Gasteiger partial charge in [0.2, 0.25) is 5.91 Å². The molecular weight excluding hydrogens is 272 g/mol. The van der Waals surface area contributed by atoms with Gasteiger partial charge in [-0.3, -0.25) is 10.2 Å². The molecule has 0 fully saturated rings. The lowest BCUT2D eigenvalue weighted by Gasteiger charge is -2.29. The van der Waals surface area contributed by atoms with Crippen LogP contribution in [0.2, 0.25) is 0 Å². The van der Waals surface area contributed by atoms with E-state index in [1.807, 2.05) is 0 Å². The first-order valence-electron chi connectivity index (χ1n) is 7.96. The Bertz CT molecular complexity index is 716. The van der Waals surface area contributed by atoms with Crippen LogP contribution in [0.1, 0.15) is 25.7 Å². The molecule has 112 valence electrons. The summed E-state index contributed by atoms with van der Waals surface area (Å²) in [7, 11) is 0. The van der Waals surface area contributed by atoms with Gasteiger partial charge < -0.3 is 0 Å². The smallest absolute Gasteiger partial charge is 0.234 e. The minimum atomic E-state index is -0.0926. The van der Waals surface area contributed by atoms with Crippen molar-refractivity contribution in [2.75, 3.05) is 0 Å². The molecule has 4 aliphatic rings. The van der Waals surface area contributed by atoms with Crippen molar-refractivity contribution < 1.29 is 4.79 Å². The van der Waals surface area contributed by atoms with Gasteiger partial charge in [-0.2, -0.15) is 0 Å². The molecule has 0 aromatic heterocycles. The summed E-state index contributed by atoms with van der Waals surface area (Å²) in [4.78, 5) is 11.6. The highest BCUT2D eigenvalue weighted by atomic mass is 16.2. The molecule has 0 spiro atoms. The van der Waals surface area contributed by atoms with E-state index < -0.39 is 0 Å². The maximum atomic E-state index is 11.6. The molecule has 3 N–H and O–H groups in total. The predicted molar refractivity (Wildman–Crippen MR) is 87.3 cm³/mol. The van der Waals surface area contributed by atoms with Gasteiger partial charge in [-0.25, -0.2) is 5.84 Å². The Morgan fingerprint density at radius 1 is 1.27 bits per heavy atom. The Hall–Kier alpha value is -2.13. The average molecular weight is 292 g/mol. The Labute approximate surface area is 130 Å². The Balaban J connectivity index is 1.71. The highest BCUT2D eigenvalue weighted by Crippen LogP contribution is 2.48. The van der Waals surface area contributed by atoms with E-state index in [4.69, 9.17) is 5.84 Å². The highest BCUT2D eigenvalue weighted by Gasteiger charge is 2.34. The number of allylic oxidation sites excluding steroid dienone is 12. The molecule has 3 nitrogen and oxygen atoms in total. The molecular formula is C19H20N2O. The van der Waals surface area contributed by atoms with Crippen LogP contribution >= 0.6 is 0 Å². The van der Waals surface area contributed by atoms with E-state index >= 15 is 0 Å². The molecule has 2 atom stereocenters. The Kier molecular flexibility index (Phi) is 3.23. The molecule has 4 rings (SSSR count). The van der Waals surface area contributed by atoms with E-state index in [1.54, 1.807) is 0 Å². The number of hydrogen-bond donors (Lipinski definition) is 2. The Morgan fingerprint density at radius 2 is 2.18 bits per heavy atom. The average Bonchev–Trinajstić information content (AvgIpc) is 2.89. The van der Waals surface area contributed by atoms with Gasteiger partial charge in [0.1, 0.15) is 0 Å². The van der Waals surface area contributed by atoms with Crippen molar-refractivity contribution in [3.8, 4) is 0 Å². The van der Waals surface area contributed by atoms with Gasteiger partial charge in [0.15, 0.2) is 0 Å². The summed E-state index contributed by atoms with van der Waals surface area (Å²) in [6, 6.07) is 0. The van der Waals surface area contributed by atoms with Crippen LogP contribution in [0, 0.1) is 11.8 Å². The first-order chi connectivity index (χ1) is 10.8. The van der Waals surface area contributed by atoms with Crippen LogP contribution in [0.25, 0.3) is 0 Å². The fourth-order valence-electron chi connectivity index (χ4n) is 4.06. The second-order valence-corrected chi connectivity index (χ2v) is 6.41. The molecule has 0 aliphatic heterocycles. The standard InChI is InChI=1S/C19H20N2O/c20-21-18(22)11-12-9-14-6-5-13-3-1-2-4-16(13)17-8-7-15(10-12)19(14)17/h2,4-9,12,19H,1,3,10-11,20H2,(H,21,22)/t12-,19+/m1/s1. The largest absolute Gasteiger partial charge is 0.294 e. The van der Waals surface area contributed by atoms with E-state index in [-0.39, 0.29) is 11.8 Å². The van der Waals surface area contributed by atoms with Crippen molar-refractivity contribution in [2.24, 2.45) is 17.7 Å². The van der Waals surface area contributed by atoms with Gasteiger partial charge in [0, 0.05) is 12.3 Å². The number of carbonyl (C=O) groups excluding carboxylic acids is 1. The van der Waals surface area contributed by atoms with Gasteiger partial charge in [-0.1, -0.05) is 48.1 Å². The monoisotopic (exact) mass is 292 g/mol. The summed E-state index contributed by atoms with van der Waals surface area (Å²) in [5.41, 5.74) is 9.28. The molecule has 4 aliphatic carbocycles. The summed E-state index contributed by atoms with van der Waals surface area (Å²) in [5.74, 6) is 5.77. The molecule has 0 bridgehead atoms. The SMILES string of the molecule is NNC(=O)C[C@@H]1C=C2C=CC3=C(C=CCC3)C3=CC=C(C1)[C@H]23. The zero-order valence-electron chi connectivity index (χ0n) is 12.5. The minimum Gasteiger partial charge on any atom is -0.294 e. The van der Waals surface area contributed by atoms with E-state index in [0.717, 1.165) is 19.3 Å². The highest BCUT2D eigenvalue weighted by molar-refractivity contribution is 5.76. The third kappa shape index (κ3) is 2.13. The van der Waals surface area contributed by atoms with Crippen molar-refractivity contribution in [3.63, 3.8) is 0 Å². The van der Waals surface area contributed by atoms with Crippen LogP contribution in [0.15, 0.2) is 70.4 Å². The predicted octanol–water partition coefficient (Wildman–Crippen LogP) is 3.01. The summed E-state index contributed by atoms with van der Waals surface area (Å²) in [6.07, 6.45) is 19.5. The molecule has 1 amide bonds. The third-order valence-corrected chi connectivity index (χ3v) is 5.03. The Morgan fingerprint density at radius 3 is 3.05 bits per heavy atom. The molecule has 0 radical (unpaired) electrons. The normalized spacial score (nSPS) is 28.3. The van der Waals surface area contributed by atoms with Gasteiger partial charge in [0.25, 0.3) is 0 Å². The van der Waals surface area contributed by atoms with Crippen LogP contribution in [-0.4, -0.2) is 5.91 Å². The lowest BCUT2D eigenvalue weighted by atomic mass is 9.75. The third-order valence-electron chi connectivity index (χ3n) is 5.03. The second kappa shape index (κ2) is 5.25. The van der Waals surface area contributed by atoms with Gasteiger partial charge in [-0.05, 0) is 47.5 Å². The van der Waals surface area contributed by atoms with Gasteiger partial charge >= 0.3 is 0 Å². The minimum absolute atomic E-state index is 0.0926. The quantitative estimate of drug-likeness (QED) is 0.467. The summed E-state index contributed by atoms with van der Waals surface area (Å²) in [5, 5.41) is 0. The number of nitrogens with two attached hydrogens (primary N) is 1. The fourth-order valence-corrected chi connectivity index (χ4v) is 4.06. The van der Waals surface area contributed by atoms with Crippen LogP contribution in [0.3, 0.4) is 0 Å². The number of hydrazine groups is 1. The molecule has 22 heavy (non-hydrogen) atoms. The first-order valence-corrected chi connectivity index (χ1v) is 7.96. The number of hydrogen-bond acceptors (Lipinski definition) is 2. The zero-order chi connectivity index (χ0) is 15.1. The van der Waals surface area contributed by atoms with Crippen LogP contribution in [-0.2, 0) is 4.79 Å². The van der Waals surface area contributed by atoms with Crippen LogP contribution in [0.4, 0.5) is 0 Å². The number of amides is 1. The van der Waals surface area contributed by atoms with Crippen LogP contribution < -0.4 is 11.3 Å². The number of fused-ring (bicyclic) bond motifs is 1. The van der Waals surface area contributed by atoms with Gasteiger partial charge in [-0.15, -0.1) is 0 Å². The molecule has 0 saturated carbocycles. The second-order valence-electron chi connectivity index (χ2n) is 6.41. The lowest BCUT2D eigenvalue weighted by molar-refractivity contribution is -0.121. The molecule has 0 heterocycles. The van der Waals surface area contributed by atoms with Crippen molar-refractivity contribution in [2.45, 2.75) is 25.7 Å². The fraction of sp³-hybridized carbons (Fsp3) is 0.316. The van der Waals surface area contributed by atoms with Crippen molar-refractivity contribution >= 4 is 5.91 Å². The van der Waals surface area contributed by atoms with Crippen molar-refractivity contribution in [3.05, 3.63) is 70.4 Å².